The molecule has 0 aliphatic carbocycles. The zero-order chi connectivity index (χ0) is 13.7. The van der Waals surface area contributed by atoms with E-state index in [0.717, 1.165) is 6.07 Å². The van der Waals surface area contributed by atoms with Crippen LogP contribution >= 0.6 is 0 Å². The van der Waals surface area contributed by atoms with Gasteiger partial charge < -0.3 is 15.7 Å². The standard InChI is InChI=1S/C13H19FN2O2/c1-3-16(8-9(2)7-15)13(18)12-10(14)5-4-6-11(12)17/h4-6,9,17H,3,7-8,15H2,1-2H3. The Hall–Kier alpha value is -1.62. The number of phenols is 1. The van der Waals surface area contributed by atoms with Gasteiger partial charge in [-0.3, -0.25) is 4.79 Å². The average molecular weight is 254 g/mol. The van der Waals surface area contributed by atoms with Gasteiger partial charge in [-0.2, -0.15) is 0 Å². The van der Waals surface area contributed by atoms with Gasteiger partial charge in [0.1, 0.15) is 17.1 Å². The van der Waals surface area contributed by atoms with Crippen LogP contribution in [0.5, 0.6) is 5.75 Å². The number of carbonyl (C=O) groups is 1. The first-order valence-corrected chi connectivity index (χ1v) is 5.98. The van der Waals surface area contributed by atoms with Gasteiger partial charge in [-0.15, -0.1) is 0 Å². The van der Waals surface area contributed by atoms with E-state index in [4.69, 9.17) is 5.73 Å². The minimum atomic E-state index is -0.709. The van der Waals surface area contributed by atoms with Crippen LogP contribution in [-0.2, 0) is 0 Å². The number of benzene rings is 1. The summed E-state index contributed by atoms with van der Waals surface area (Å²) in [6, 6.07) is 3.82. The Balaban J connectivity index is 2.97. The monoisotopic (exact) mass is 254 g/mol. The van der Waals surface area contributed by atoms with Crippen LogP contribution < -0.4 is 5.73 Å². The summed E-state index contributed by atoms with van der Waals surface area (Å²) in [6.07, 6.45) is 0. The molecular formula is C13H19FN2O2. The minimum absolute atomic E-state index is 0.128. The lowest BCUT2D eigenvalue weighted by atomic mass is 10.1. The number of phenolic OH excluding ortho intramolecular Hbond substituents is 1. The highest BCUT2D eigenvalue weighted by molar-refractivity contribution is 5.97. The quantitative estimate of drug-likeness (QED) is 0.838. The molecule has 100 valence electrons. The van der Waals surface area contributed by atoms with E-state index < -0.39 is 11.7 Å². The van der Waals surface area contributed by atoms with E-state index in [1.165, 1.54) is 17.0 Å². The molecular weight excluding hydrogens is 235 g/mol. The molecule has 4 nitrogen and oxygen atoms in total. The molecule has 0 heterocycles. The van der Waals surface area contributed by atoms with Gasteiger partial charge in [0.25, 0.3) is 5.91 Å². The van der Waals surface area contributed by atoms with Gasteiger partial charge in [0.15, 0.2) is 0 Å². The van der Waals surface area contributed by atoms with Crippen LogP contribution in [-0.4, -0.2) is 35.5 Å². The highest BCUT2D eigenvalue weighted by Gasteiger charge is 2.22. The van der Waals surface area contributed by atoms with Crippen molar-refractivity contribution in [1.29, 1.82) is 0 Å². The molecule has 1 atom stereocenters. The number of nitrogens with zero attached hydrogens (tertiary/aromatic N) is 1. The fourth-order valence-corrected chi connectivity index (χ4v) is 1.69. The normalized spacial score (nSPS) is 12.2. The molecule has 18 heavy (non-hydrogen) atoms. The predicted molar refractivity (Wildman–Crippen MR) is 67.9 cm³/mol. The number of aromatic hydroxyl groups is 1. The van der Waals surface area contributed by atoms with Crippen molar-refractivity contribution in [2.75, 3.05) is 19.6 Å². The molecule has 0 radical (unpaired) electrons. The highest BCUT2D eigenvalue weighted by atomic mass is 19.1. The Morgan fingerprint density at radius 3 is 2.72 bits per heavy atom. The average Bonchev–Trinajstić information content (AvgIpc) is 2.35. The van der Waals surface area contributed by atoms with Crippen molar-refractivity contribution < 1.29 is 14.3 Å². The molecule has 0 bridgehead atoms. The molecule has 1 amide bonds. The Morgan fingerprint density at radius 1 is 1.56 bits per heavy atom. The molecule has 0 fully saturated rings. The van der Waals surface area contributed by atoms with Gasteiger partial charge in [-0.25, -0.2) is 4.39 Å². The summed E-state index contributed by atoms with van der Waals surface area (Å²) in [5, 5.41) is 9.59. The summed E-state index contributed by atoms with van der Waals surface area (Å²) < 4.78 is 13.6. The number of rotatable bonds is 5. The van der Waals surface area contributed by atoms with Crippen molar-refractivity contribution >= 4 is 5.91 Å². The van der Waals surface area contributed by atoms with E-state index in [-0.39, 0.29) is 17.2 Å². The van der Waals surface area contributed by atoms with E-state index in [2.05, 4.69) is 0 Å². The summed E-state index contributed by atoms with van der Waals surface area (Å²) in [6.45, 7) is 5.06. The van der Waals surface area contributed by atoms with Gasteiger partial charge in [-0.1, -0.05) is 13.0 Å². The van der Waals surface area contributed by atoms with Crippen LogP contribution in [0.25, 0.3) is 0 Å². The smallest absolute Gasteiger partial charge is 0.260 e. The summed E-state index contributed by atoms with van der Waals surface area (Å²) in [4.78, 5) is 13.6. The predicted octanol–water partition coefficient (Wildman–Crippen LogP) is 1.59. The maximum Gasteiger partial charge on any atom is 0.260 e. The molecule has 0 saturated carbocycles. The number of hydrogen-bond donors (Lipinski definition) is 2. The molecule has 5 heteroatoms. The van der Waals surface area contributed by atoms with Crippen molar-refractivity contribution in [2.45, 2.75) is 13.8 Å². The lowest BCUT2D eigenvalue weighted by Crippen LogP contribution is -2.37. The maximum absolute atomic E-state index is 13.6. The van der Waals surface area contributed by atoms with E-state index in [9.17, 15) is 14.3 Å². The minimum Gasteiger partial charge on any atom is -0.507 e. The number of carbonyl (C=O) groups excluding carboxylic acids is 1. The van der Waals surface area contributed by atoms with Crippen LogP contribution in [0.15, 0.2) is 18.2 Å². The second kappa shape index (κ2) is 6.35. The summed E-state index contributed by atoms with van der Waals surface area (Å²) in [5.74, 6) is -1.42. The second-order valence-electron chi connectivity index (χ2n) is 4.32. The van der Waals surface area contributed by atoms with Crippen LogP contribution in [0.3, 0.4) is 0 Å². The van der Waals surface area contributed by atoms with E-state index >= 15 is 0 Å². The largest absolute Gasteiger partial charge is 0.507 e. The van der Waals surface area contributed by atoms with Gasteiger partial charge in [0.2, 0.25) is 0 Å². The third kappa shape index (κ3) is 3.20. The lowest BCUT2D eigenvalue weighted by molar-refractivity contribution is 0.0736. The SMILES string of the molecule is CCN(CC(C)CN)C(=O)c1c(O)cccc1F. The summed E-state index contributed by atoms with van der Waals surface area (Å²) in [5.41, 5.74) is 5.24. The molecule has 0 saturated heterocycles. The number of amides is 1. The molecule has 0 spiro atoms. The van der Waals surface area contributed by atoms with Gasteiger partial charge in [0, 0.05) is 13.1 Å². The third-order valence-corrected chi connectivity index (χ3v) is 2.81. The molecule has 0 aliphatic rings. The Bertz CT molecular complexity index is 403. The highest BCUT2D eigenvalue weighted by Crippen LogP contribution is 2.22. The Labute approximate surface area is 106 Å². The molecule has 1 aromatic carbocycles. The first-order valence-electron chi connectivity index (χ1n) is 5.98. The zero-order valence-electron chi connectivity index (χ0n) is 10.7. The molecule has 0 aliphatic heterocycles. The molecule has 1 rings (SSSR count). The molecule has 1 unspecified atom stereocenters. The fourth-order valence-electron chi connectivity index (χ4n) is 1.69. The van der Waals surface area contributed by atoms with E-state index in [0.29, 0.717) is 19.6 Å². The van der Waals surface area contributed by atoms with Crippen molar-refractivity contribution in [3.63, 3.8) is 0 Å². The van der Waals surface area contributed by atoms with E-state index in [1.807, 2.05) is 6.92 Å². The van der Waals surface area contributed by atoms with E-state index in [1.54, 1.807) is 6.92 Å². The summed E-state index contributed by atoms with van der Waals surface area (Å²) >= 11 is 0. The Morgan fingerprint density at radius 2 is 2.22 bits per heavy atom. The van der Waals surface area contributed by atoms with Crippen molar-refractivity contribution in [2.24, 2.45) is 11.7 Å². The topological polar surface area (TPSA) is 66.6 Å². The van der Waals surface area contributed by atoms with Crippen LogP contribution in [0.1, 0.15) is 24.2 Å². The number of nitrogens with two attached hydrogens (primary N) is 1. The van der Waals surface area contributed by atoms with Crippen molar-refractivity contribution in [3.05, 3.63) is 29.6 Å². The number of hydrogen-bond acceptors (Lipinski definition) is 3. The molecule has 1 aromatic rings. The van der Waals surface area contributed by atoms with Crippen molar-refractivity contribution in [3.8, 4) is 5.75 Å². The van der Waals surface area contributed by atoms with Crippen LogP contribution in [0, 0.1) is 11.7 Å². The molecule has 0 aromatic heterocycles. The first-order chi connectivity index (χ1) is 8.51. The van der Waals surface area contributed by atoms with Gasteiger partial charge in [0.05, 0.1) is 0 Å². The van der Waals surface area contributed by atoms with Crippen molar-refractivity contribution in [1.82, 2.24) is 4.90 Å². The fraction of sp³-hybridized carbons (Fsp3) is 0.462. The molecule has 3 N–H and O–H groups in total. The van der Waals surface area contributed by atoms with Crippen LogP contribution in [0.2, 0.25) is 0 Å². The van der Waals surface area contributed by atoms with Gasteiger partial charge in [-0.05, 0) is 31.5 Å². The Kier molecular flexibility index (Phi) is 5.09. The summed E-state index contributed by atoms with van der Waals surface area (Å²) in [7, 11) is 0. The number of halogens is 1. The lowest BCUT2D eigenvalue weighted by Gasteiger charge is -2.24. The maximum atomic E-state index is 13.6. The zero-order valence-corrected chi connectivity index (χ0v) is 10.7. The second-order valence-corrected chi connectivity index (χ2v) is 4.32. The van der Waals surface area contributed by atoms with Gasteiger partial charge >= 0.3 is 0 Å². The van der Waals surface area contributed by atoms with Crippen LogP contribution in [0.4, 0.5) is 4.39 Å². The third-order valence-electron chi connectivity index (χ3n) is 2.81. The first kappa shape index (κ1) is 14.4.